The monoisotopic (exact) mass is 427 g/mol. The molecule has 1 amide bonds. The van der Waals surface area contributed by atoms with Gasteiger partial charge >= 0.3 is 6.18 Å². The minimum Gasteiger partial charge on any atom is -0.300 e. The molecule has 144 valence electrons. The lowest BCUT2D eigenvalue weighted by atomic mass is 10.2. The normalized spacial score (nSPS) is 17.2. The van der Waals surface area contributed by atoms with E-state index < -0.39 is 22.6 Å². The van der Waals surface area contributed by atoms with Gasteiger partial charge in [-0.2, -0.15) is 13.2 Å². The zero-order valence-corrected chi connectivity index (χ0v) is 15.2. The Kier molecular flexibility index (Phi) is 5.43. The summed E-state index contributed by atoms with van der Waals surface area (Å²) in [6.07, 6.45) is -3.06. The summed E-state index contributed by atoms with van der Waals surface area (Å²) in [5.74, 6) is -0.495. The lowest BCUT2D eigenvalue weighted by molar-refractivity contribution is -0.384. The molecule has 0 atom stereocenters. The van der Waals surface area contributed by atoms with E-state index in [4.69, 9.17) is 11.6 Å². The molecule has 0 bridgehead atoms. The van der Waals surface area contributed by atoms with Gasteiger partial charge in [0.25, 0.3) is 11.6 Å². The van der Waals surface area contributed by atoms with Crippen LogP contribution in [0.15, 0.2) is 52.4 Å². The highest BCUT2D eigenvalue weighted by atomic mass is 35.5. The van der Waals surface area contributed by atoms with E-state index in [9.17, 15) is 28.1 Å². The van der Waals surface area contributed by atoms with Crippen LogP contribution >= 0.6 is 23.4 Å². The first-order chi connectivity index (χ1) is 13.1. The van der Waals surface area contributed by atoms with E-state index in [1.54, 1.807) is 0 Å². The number of nitrogens with zero attached hydrogens (tertiary/aromatic N) is 2. The largest absolute Gasteiger partial charge is 0.416 e. The number of carbonyl (C=O) groups excluding carboxylic acids is 1. The minimum atomic E-state index is -4.55. The van der Waals surface area contributed by atoms with E-state index in [1.807, 2.05) is 0 Å². The molecular weight excluding hydrogens is 419 g/mol. The van der Waals surface area contributed by atoms with Gasteiger partial charge in [0.1, 0.15) is 0 Å². The molecule has 0 radical (unpaired) electrons. The highest BCUT2D eigenvalue weighted by Crippen LogP contribution is 2.36. The molecule has 1 aliphatic rings. The Morgan fingerprint density at radius 2 is 1.86 bits per heavy atom. The Balaban J connectivity index is 1.85. The molecule has 28 heavy (non-hydrogen) atoms. The van der Waals surface area contributed by atoms with Crippen molar-refractivity contribution in [2.75, 3.05) is 0 Å². The van der Waals surface area contributed by atoms with E-state index >= 15 is 0 Å². The Labute approximate surface area is 165 Å². The van der Waals surface area contributed by atoms with Gasteiger partial charge in [-0.3, -0.25) is 14.9 Å². The molecule has 1 heterocycles. The maximum atomic E-state index is 12.8. The summed E-state index contributed by atoms with van der Waals surface area (Å²) in [5.41, 5.74) is -0.586. The molecule has 3 rings (SSSR count). The molecule has 1 fully saturated rings. The molecule has 0 saturated carbocycles. The summed E-state index contributed by atoms with van der Waals surface area (Å²) < 4.78 is 38.5. The van der Waals surface area contributed by atoms with Crippen molar-refractivity contribution in [3.63, 3.8) is 0 Å². The Bertz CT molecular complexity index is 1020. The molecule has 6 nitrogen and oxygen atoms in total. The molecule has 11 heteroatoms. The van der Waals surface area contributed by atoms with Crippen molar-refractivity contribution >= 4 is 51.9 Å². The van der Waals surface area contributed by atoms with E-state index in [0.29, 0.717) is 5.56 Å². The third kappa shape index (κ3) is 4.52. The fourth-order valence-electron chi connectivity index (χ4n) is 2.21. The van der Waals surface area contributed by atoms with Crippen LogP contribution in [0.1, 0.15) is 11.1 Å². The number of hydrogen-bond acceptors (Lipinski definition) is 5. The summed E-state index contributed by atoms with van der Waals surface area (Å²) in [5, 5.41) is 13.2. The van der Waals surface area contributed by atoms with Crippen LogP contribution < -0.4 is 5.32 Å². The summed E-state index contributed by atoms with van der Waals surface area (Å²) in [4.78, 5) is 26.4. The van der Waals surface area contributed by atoms with Gasteiger partial charge in [0, 0.05) is 12.1 Å². The number of nitro groups is 1. The number of carbonyl (C=O) groups is 1. The fourth-order valence-corrected chi connectivity index (χ4v) is 3.20. The van der Waals surface area contributed by atoms with E-state index in [0.717, 1.165) is 30.0 Å². The number of amidine groups is 1. The molecule has 0 aromatic heterocycles. The highest BCUT2D eigenvalue weighted by Gasteiger charge is 2.31. The average molecular weight is 428 g/mol. The first kappa shape index (κ1) is 19.9. The molecule has 2 aromatic carbocycles. The predicted octanol–water partition coefficient (Wildman–Crippen LogP) is 5.16. The van der Waals surface area contributed by atoms with Gasteiger partial charge in [0.2, 0.25) is 0 Å². The van der Waals surface area contributed by atoms with Crippen LogP contribution in [0.3, 0.4) is 0 Å². The van der Waals surface area contributed by atoms with Gasteiger partial charge in [0.15, 0.2) is 5.17 Å². The van der Waals surface area contributed by atoms with Crippen LogP contribution in [-0.2, 0) is 11.0 Å². The number of non-ortho nitro benzene ring substituents is 1. The Hall–Kier alpha value is -2.85. The van der Waals surface area contributed by atoms with Crippen molar-refractivity contribution in [2.24, 2.45) is 4.99 Å². The lowest BCUT2D eigenvalue weighted by Gasteiger charge is -2.08. The summed E-state index contributed by atoms with van der Waals surface area (Å²) in [7, 11) is 0. The summed E-state index contributed by atoms with van der Waals surface area (Å²) in [6, 6.07) is 8.24. The number of rotatable bonds is 3. The number of halogens is 4. The molecule has 0 aliphatic carbocycles. The molecule has 0 spiro atoms. The van der Waals surface area contributed by atoms with Crippen LogP contribution in [-0.4, -0.2) is 16.0 Å². The fraction of sp³-hybridized carbons (Fsp3) is 0.0588. The average Bonchev–Trinajstić information content (AvgIpc) is 2.95. The minimum absolute atomic E-state index is 0.00291. The number of thioether (sulfide) groups is 1. The van der Waals surface area contributed by atoms with Crippen molar-refractivity contribution in [2.45, 2.75) is 6.18 Å². The molecule has 0 unspecified atom stereocenters. The van der Waals surface area contributed by atoms with E-state index in [2.05, 4.69) is 10.3 Å². The number of hydrogen-bond donors (Lipinski definition) is 1. The van der Waals surface area contributed by atoms with Crippen molar-refractivity contribution in [1.29, 1.82) is 0 Å². The number of aliphatic imine (C=N–C) groups is 1. The second kappa shape index (κ2) is 7.64. The smallest absolute Gasteiger partial charge is 0.300 e. The standard InChI is InChI=1S/C17H9ClF3N3O3S/c18-12-6-3-10(17(19,20)21)8-13(12)22-16-23-15(25)14(28-16)7-9-1-4-11(5-2-9)24(26)27/h1-8H,(H,22,23,25). The van der Waals surface area contributed by atoms with Crippen molar-refractivity contribution in [3.8, 4) is 0 Å². The van der Waals surface area contributed by atoms with Crippen molar-refractivity contribution in [1.82, 2.24) is 5.32 Å². The SMILES string of the molecule is O=C1NC(=Nc2cc(C(F)(F)F)ccc2Cl)SC1=Cc1ccc([N+](=O)[O-])cc1. The van der Waals surface area contributed by atoms with Gasteiger partial charge < -0.3 is 5.32 Å². The Morgan fingerprint density at radius 3 is 2.46 bits per heavy atom. The third-order valence-electron chi connectivity index (χ3n) is 3.55. The summed E-state index contributed by atoms with van der Waals surface area (Å²) in [6.45, 7) is 0. The zero-order chi connectivity index (χ0) is 20.5. The number of nitrogens with one attached hydrogen (secondary N) is 1. The topological polar surface area (TPSA) is 84.6 Å². The molecule has 1 saturated heterocycles. The van der Waals surface area contributed by atoms with Crippen molar-refractivity contribution < 1.29 is 22.9 Å². The van der Waals surface area contributed by atoms with E-state index in [-0.39, 0.29) is 26.5 Å². The van der Waals surface area contributed by atoms with Gasteiger partial charge in [-0.1, -0.05) is 11.6 Å². The van der Waals surface area contributed by atoms with Gasteiger partial charge in [-0.15, -0.1) is 0 Å². The van der Waals surface area contributed by atoms with Crippen LogP contribution in [0.2, 0.25) is 5.02 Å². The van der Waals surface area contributed by atoms with Gasteiger partial charge in [-0.05, 0) is 53.7 Å². The van der Waals surface area contributed by atoms with Gasteiger partial charge in [0.05, 0.1) is 26.1 Å². The quantitative estimate of drug-likeness (QED) is 0.416. The van der Waals surface area contributed by atoms with Gasteiger partial charge in [-0.25, -0.2) is 4.99 Å². The second-order valence-corrected chi connectivity index (χ2v) is 6.93. The molecule has 2 aromatic rings. The third-order valence-corrected chi connectivity index (χ3v) is 4.78. The predicted molar refractivity (Wildman–Crippen MR) is 100 cm³/mol. The molecule has 1 aliphatic heterocycles. The van der Waals surface area contributed by atoms with E-state index in [1.165, 1.54) is 30.3 Å². The number of nitro benzene ring substituents is 1. The Morgan fingerprint density at radius 1 is 1.18 bits per heavy atom. The number of benzene rings is 2. The first-order valence-corrected chi connectivity index (χ1v) is 8.74. The number of amides is 1. The maximum Gasteiger partial charge on any atom is 0.416 e. The maximum absolute atomic E-state index is 12.8. The number of alkyl halides is 3. The van der Waals surface area contributed by atoms with Crippen LogP contribution in [0.25, 0.3) is 6.08 Å². The zero-order valence-electron chi connectivity index (χ0n) is 13.7. The summed E-state index contributed by atoms with van der Waals surface area (Å²) >= 11 is 6.82. The van der Waals surface area contributed by atoms with Crippen LogP contribution in [0, 0.1) is 10.1 Å². The van der Waals surface area contributed by atoms with Crippen molar-refractivity contribution in [3.05, 3.63) is 73.6 Å². The lowest BCUT2D eigenvalue weighted by Crippen LogP contribution is -2.19. The molecule has 1 N–H and O–H groups in total. The highest BCUT2D eigenvalue weighted by molar-refractivity contribution is 8.18. The van der Waals surface area contributed by atoms with Crippen LogP contribution in [0.4, 0.5) is 24.5 Å². The second-order valence-electron chi connectivity index (χ2n) is 5.49. The molecular formula is C17H9ClF3N3O3S. The first-order valence-electron chi connectivity index (χ1n) is 7.54. The van der Waals surface area contributed by atoms with Crippen LogP contribution in [0.5, 0.6) is 0 Å².